The van der Waals surface area contributed by atoms with Crippen molar-refractivity contribution in [2.45, 2.75) is 6.10 Å². The molecule has 1 unspecified atom stereocenters. The number of ether oxygens (including phenoxy) is 1. The number of thiocarbonyl (C=S) groups is 1. The molecule has 2 rings (SSSR count). The zero-order valence-corrected chi connectivity index (χ0v) is 8.18. The highest BCUT2D eigenvalue weighted by Gasteiger charge is 2.17. The lowest BCUT2D eigenvalue weighted by Crippen LogP contribution is -2.00. The van der Waals surface area contributed by atoms with E-state index in [0.29, 0.717) is 5.02 Å². The molecule has 0 saturated heterocycles. The zero-order chi connectivity index (χ0) is 9.26. The van der Waals surface area contributed by atoms with Gasteiger partial charge in [-0.15, -0.1) is 0 Å². The molecule has 1 heterocycles. The maximum atomic E-state index is 5.83. The van der Waals surface area contributed by atoms with Crippen LogP contribution in [-0.4, -0.2) is 11.4 Å². The van der Waals surface area contributed by atoms with E-state index >= 15 is 0 Å². The Hall–Kier alpha value is -0.930. The Morgan fingerprint density at radius 2 is 2.31 bits per heavy atom. The first-order valence-corrected chi connectivity index (χ1v) is 4.54. The van der Waals surface area contributed by atoms with Crippen molar-refractivity contribution in [3.63, 3.8) is 0 Å². The van der Waals surface area contributed by atoms with Gasteiger partial charge in [-0.25, -0.2) is 4.99 Å². The SMILES string of the molecule is S=C1N=CC(c2cccc(Cl)c2)O1. The third-order valence-electron chi connectivity index (χ3n) is 1.72. The molecule has 66 valence electrons. The monoisotopic (exact) mass is 211 g/mol. The fourth-order valence-corrected chi connectivity index (χ4v) is 1.50. The van der Waals surface area contributed by atoms with Crippen molar-refractivity contribution in [3.8, 4) is 0 Å². The maximum Gasteiger partial charge on any atom is 0.284 e. The summed E-state index contributed by atoms with van der Waals surface area (Å²) in [6.45, 7) is 0. The van der Waals surface area contributed by atoms with Gasteiger partial charge in [-0.1, -0.05) is 23.7 Å². The standard InChI is InChI=1S/C9H6ClNOS/c10-7-3-1-2-6(4-7)8-5-11-9(13)12-8/h1-5,8H. The number of aliphatic imine (C=N–C) groups is 1. The van der Waals surface area contributed by atoms with Crippen LogP contribution in [0, 0.1) is 0 Å². The summed E-state index contributed by atoms with van der Waals surface area (Å²) in [6, 6.07) is 7.45. The molecule has 1 aliphatic rings. The smallest absolute Gasteiger partial charge is 0.284 e. The molecule has 0 saturated carbocycles. The van der Waals surface area contributed by atoms with Crippen molar-refractivity contribution < 1.29 is 4.74 Å². The lowest BCUT2D eigenvalue weighted by Gasteiger charge is -2.07. The first kappa shape index (κ1) is 8.66. The molecule has 1 aliphatic heterocycles. The molecule has 0 N–H and O–H groups in total. The summed E-state index contributed by atoms with van der Waals surface area (Å²) in [4.78, 5) is 3.86. The van der Waals surface area contributed by atoms with E-state index < -0.39 is 0 Å². The molecule has 0 radical (unpaired) electrons. The molecule has 0 aliphatic carbocycles. The van der Waals surface area contributed by atoms with Crippen molar-refractivity contribution in [1.29, 1.82) is 0 Å². The number of halogens is 1. The van der Waals surface area contributed by atoms with Gasteiger partial charge >= 0.3 is 0 Å². The molecular formula is C9H6ClNOS. The van der Waals surface area contributed by atoms with Gasteiger partial charge in [-0.3, -0.25) is 0 Å². The average molecular weight is 212 g/mol. The van der Waals surface area contributed by atoms with E-state index in [1.165, 1.54) is 0 Å². The van der Waals surface area contributed by atoms with Crippen molar-refractivity contribution in [1.82, 2.24) is 0 Å². The fourth-order valence-electron chi connectivity index (χ4n) is 1.14. The summed E-state index contributed by atoms with van der Waals surface area (Å²) < 4.78 is 5.25. The van der Waals surface area contributed by atoms with E-state index in [0.717, 1.165) is 5.56 Å². The molecule has 0 fully saturated rings. The molecule has 4 heteroatoms. The molecule has 1 aromatic carbocycles. The highest BCUT2D eigenvalue weighted by atomic mass is 35.5. The van der Waals surface area contributed by atoms with Gasteiger partial charge in [0.25, 0.3) is 5.17 Å². The Labute approximate surface area is 86.2 Å². The van der Waals surface area contributed by atoms with Gasteiger partial charge in [0.2, 0.25) is 0 Å². The minimum absolute atomic E-state index is 0.175. The fraction of sp³-hybridized carbons (Fsp3) is 0.111. The molecule has 0 aromatic heterocycles. The largest absolute Gasteiger partial charge is 0.455 e. The Kier molecular flexibility index (Phi) is 2.29. The van der Waals surface area contributed by atoms with Crippen LogP contribution in [0.1, 0.15) is 11.7 Å². The molecule has 13 heavy (non-hydrogen) atoms. The highest BCUT2D eigenvalue weighted by Crippen LogP contribution is 2.22. The summed E-state index contributed by atoms with van der Waals surface area (Å²) in [5.41, 5.74) is 0.969. The Morgan fingerprint density at radius 3 is 2.92 bits per heavy atom. The van der Waals surface area contributed by atoms with Crippen LogP contribution >= 0.6 is 23.8 Å². The van der Waals surface area contributed by atoms with Crippen LogP contribution in [0.3, 0.4) is 0 Å². The van der Waals surface area contributed by atoms with Gasteiger partial charge in [0.15, 0.2) is 6.10 Å². The summed E-state index contributed by atoms with van der Waals surface area (Å²) in [7, 11) is 0. The van der Waals surface area contributed by atoms with E-state index in [9.17, 15) is 0 Å². The quantitative estimate of drug-likeness (QED) is 0.667. The predicted molar refractivity (Wildman–Crippen MR) is 56.4 cm³/mol. The van der Waals surface area contributed by atoms with E-state index in [2.05, 4.69) is 4.99 Å². The van der Waals surface area contributed by atoms with Crippen LogP contribution in [0.2, 0.25) is 5.02 Å². The van der Waals surface area contributed by atoms with Crippen LogP contribution in [0.15, 0.2) is 29.3 Å². The molecule has 0 amide bonds. The summed E-state index contributed by atoms with van der Waals surface area (Å²) in [5.74, 6) is 0. The second-order valence-electron chi connectivity index (χ2n) is 2.64. The second kappa shape index (κ2) is 3.44. The van der Waals surface area contributed by atoms with E-state index in [1.54, 1.807) is 6.21 Å². The van der Waals surface area contributed by atoms with E-state index in [1.807, 2.05) is 24.3 Å². The van der Waals surface area contributed by atoms with Crippen LogP contribution in [0.25, 0.3) is 0 Å². The van der Waals surface area contributed by atoms with Gasteiger partial charge in [0, 0.05) is 5.02 Å². The third kappa shape index (κ3) is 1.87. The maximum absolute atomic E-state index is 5.83. The number of benzene rings is 1. The zero-order valence-electron chi connectivity index (χ0n) is 6.61. The summed E-state index contributed by atoms with van der Waals surface area (Å²) in [6.07, 6.45) is 1.50. The normalized spacial score (nSPS) is 20.4. The van der Waals surface area contributed by atoms with E-state index in [-0.39, 0.29) is 11.3 Å². The number of nitrogens with zero attached hydrogens (tertiary/aromatic N) is 1. The van der Waals surface area contributed by atoms with Crippen LogP contribution < -0.4 is 0 Å². The first-order valence-electron chi connectivity index (χ1n) is 3.76. The number of hydrogen-bond acceptors (Lipinski definition) is 2. The lowest BCUT2D eigenvalue weighted by atomic mass is 10.1. The Balaban J connectivity index is 2.27. The Morgan fingerprint density at radius 1 is 1.46 bits per heavy atom. The van der Waals surface area contributed by atoms with Gasteiger partial charge in [-0.05, 0) is 29.9 Å². The van der Waals surface area contributed by atoms with Gasteiger partial charge < -0.3 is 4.74 Å². The third-order valence-corrected chi connectivity index (χ3v) is 2.16. The van der Waals surface area contributed by atoms with Crippen molar-refractivity contribution in [2.75, 3.05) is 0 Å². The average Bonchev–Trinajstić information content (AvgIpc) is 2.52. The summed E-state index contributed by atoms with van der Waals surface area (Å²) in [5, 5.41) is 0.970. The van der Waals surface area contributed by atoms with Crippen LogP contribution in [0.4, 0.5) is 0 Å². The highest BCUT2D eigenvalue weighted by molar-refractivity contribution is 7.80. The second-order valence-corrected chi connectivity index (χ2v) is 3.42. The van der Waals surface area contributed by atoms with Crippen LogP contribution in [-0.2, 0) is 4.74 Å². The van der Waals surface area contributed by atoms with Crippen LogP contribution in [0.5, 0.6) is 0 Å². The molecule has 0 bridgehead atoms. The Bertz CT molecular complexity index is 378. The van der Waals surface area contributed by atoms with Crippen molar-refractivity contribution in [2.24, 2.45) is 4.99 Å². The predicted octanol–water partition coefficient (Wildman–Crippen LogP) is 2.77. The van der Waals surface area contributed by atoms with Gasteiger partial charge in [0.05, 0.1) is 6.21 Å². The number of hydrogen-bond donors (Lipinski definition) is 0. The minimum Gasteiger partial charge on any atom is -0.455 e. The lowest BCUT2D eigenvalue weighted by molar-refractivity contribution is 0.282. The molecule has 1 aromatic rings. The van der Waals surface area contributed by atoms with Crippen molar-refractivity contribution >= 4 is 35.2 Å². The van der Waals surface area contributed by atoms with Gasteiger partial charge in [0.1, 0.15) is 0 Å². The molecule has 1 atom stereocenters. The molecule has 0 spiro atoms. The topological polar surface area (TPSA) is 21.6 Å². The molecular weight excluding hydrogens is 206 g/mol. The summed E-state index contributed by atoms with van der Waals surface area (Å²) >= 11 is 10.6. The van der Waals surface area contributed by atoms with Crippen molar-refractivity contribution in [3.05, 3.63) is 34.9 Å². The van der Waals surface area contributed by atoms with E-state index in [4.69, 9.17) is 28.6 Å². The first-order chi connectivity index (χ1) is 6.25. The number of rotatable bonds is 1. The van der Waals surface area contributed by atoms with Gasteiger partial charge in [-0.2, -0.15) is 0 Å². The molecule has 2 nitrogen and oxygen atoms in total. The minimum atomic E-state index is -0.175.